The van der Waals surface area contributed by atoms with Crippen LogP contribution in [-0.4, -0.2) is 43.1 Å². The van der Waals surface area contributed by atoms with E-state index in [4.69, 9.17) is 4.74 Å². The van der Waals surface area contributed by atoms with Crippen LogP contribution in [0.3, 0.4) is 0 Å². The summed E-state index contributed by atoms with van der Waals surface area (Å²) in [5, 5.41) is 3.26. The SMILES string of the molecule is O=C(C1CCNCC1)N1CCC(Oc2ccc(F)cc2F)CC1. The van der Waals surface area contributed by atoms with Gasteiger partial charge in [-0.2, -0.15) is 0 Å². The lowest BCUT2D eigenvalue weighted by Gasteiger charge is -2.35. The molecule has 2 heterocycles. The third kappa shape index (κ3) is 3.99. The van der Waals surface area contributed by atoms with Gasteiger partial charge in [-0.1, -0.05) is 0 Å². The topological polar surface area (TPSA) is 41.6 Å². The molecule has 0 spiro atoms. The standard InChI is InChI=1S/C17H22F2N2O2/c18-13-1-2-16(15(19)11-13)23-14-5-9-21(10-6-14)17(22)12-3-7-20-8-4-12/h1-2,11-12,14,20H,3-10H2. The van der Waals surface area contributed by atoms with E-state index >= 15 is 0 Å². The molecule has 2 aliphatic rings. The lowest BCUT2D eigenvalue weighted by atomic mass is 9.95. The Morgan fingerprint density at radius 3 is 2.48 bits per heavy atom. The van der Waals surface area contributed by atoms with E-state index in [1.165, 1.54) is 12.1 Å². The molecular formula is C17H22F2N2O2. The minimum absolute atomic E-state index is 0.0783. The first-order valence-corrected chi connectivity index (χ1v) is 8.24. The lowest BCUT2D eigenvalue weighted by molar-refractivity contribution is -0.138. The second-order valence-electron chi connectivity index (χ2n) is 6.24. The van der Waals surface area contributed by atoms with E-state index in [-0.39, 0.29) is 23.7 Å². The summed E-state index contributed by atoms with van der Waals surface area (Å²) < 4.78 is 32.1. The zero-order valence-corrected chi connectivity index (χ0v) is 13.1. The Kier molecular flexibility index (Phi) is 5.10. The molecule has 4 nitrogen and oxygen atoms in total. The maximum Gasteiger partial charge on any atom is 0.225 e. The molecule has 0 saturated carbocycles. The molecular weight excluding hydrogens is 302 g/mol. The van der Waals surface area contributed by atoms with Crippen LogP contribution in [0.15, 0.2) is 18.2 Å². The molecule has 1 N–H and O–H groups in total. The molecule has 2 fully saturated rings. The number of hydrogen-bond donors (Lipinski definition) is 1. The highest BCUT2D eigenvalue weighted by Crippen LogP contribution is 2.24. The number of halogens is 2. The number of piperidine rings is 2. The first-order chi connectivity index (χ1) is 11.1. The van der Waals surface area contributed by atoms with E-state index in [1.807, 2.05) is 4.90 Å². The fourth-order valence-electron chi connectivity index (χ4n) is 3.27. The van der Waals surface area contributed by atoms with Gasteiger partial charge in [-0.05, 0) is 38.1 Å². The summed E-state index contributed by atoms with van der Waals surface area (Å²) in [6, 6.07) is 3.33. The fourth-order valence-corrected chi connectivity index (χ4v) is 3.27. The van der Waals surface area contributed by atoms with E-state index in [9.17, 15) is 13.6 Å². The Labute approximate surface area is 134 Å². The predicted octanol–water partition coefficient (Wildman–Crippen LogP) is 2.33. The van der Waals surface area contributed by atoms with E-state index in [2.05, 4.69) is 5.32 Å². The van der Waals surface area contributed by atoms with Crippen LogP contribution < -0.4 is 10.1 Å². The number of likely N-dealkylation sites (tertiary alicyclic amines) is 1. The molecule has 0 bridgehead atoms. The summed E-state index contributed by atoms with van der Waals surface area (Å²) in [6.45, 7) is 3.08. The van der Waals surface area contributed by atoms with Crippen molar-refractivity contribution in [3.05, 3.63) is 29.8 Å². The number of amides is 1. The van der Waals surface area contributed by atoms with Crippen LogP contribution in [0, 0.1) is 17.6 Å². The zero-order chi connectivity index (χ0) is 16.2. The van der Waals surface area contributed by atoms with Crippen LogP contribution in [0.5, 0.6) is 5.75 Å². The molecule has 2 saturated heterocycles. The highest BCUT2D eigenvalue weighted by molar-refractivity contribution is 5.79. The van der Waals surface area contributed by atoms with Crippen LogP contribution in [0.2, 0.25) is 0 Å². The summed E-state index contributed by atoms with van der Waals surface area (Å²) in [5.74, 6) is -0.855. The Morgan fingerprint density at radius 1 is 1.13 bits per heavy atom. The molecule has 6 heteroatoms. The smallest absolute Gasteiger partial charge is 0.225 e. The van der Waals surface area contributed by atoms with Crippen molar-refractivity contribution in [2.24, 2.45) is 5.92 Å². The van der Waals surface area contributed by atoms with E-state index < -0.39 is 11.6 Å². The first-order valence-electron chi connectivity index (χ1n) is 8.24. The van der Waals surface area contributed by atoms with Crippen molar-refractivity contribution in [1.82, 2.24) is 10.2 Å². The molecule has 0 unspecified atom stereocenters. The van der Waals surface area contributed by atoms with Crippen molar-refractivity contribution < 1.29 is 18.3 Å². The fraction of sp³-hybridized carbons (Fsp3) is 0.588. The molecule has 0 atom stereocenters. The normalized spacial score (nSPS) is 20.5. The number of rotatable bonds is 3. The van der Waals surface area contributed by atoms with E-state index in [1.54, 1.807) is 0 Å². The maximum absolute atomic E-state index is 13.6. The van der Waals surface area contributed by atoms with Crippen molar-refractivity contribution in [2.45, 2.75) is 31.8 Å². The van der Waals surface area contributed by atoms with Crippen molar-refractivity contribution in [1.29, 1.82) is 0 Å². The molecule has 2 aliphatic heterocycles. The van der Waals surface area contributed by atoms with Gasteiger partial charge in [0.25, 0.3) is 0 Å². The molecule has 0 aliphatic carbocycles. The van der Waals surface area contributed by atoms with Crippen LogP contribution in [0.1, 0.15) is 25.7 Å². The minimum Gasteiger partial charge on any atom is -0.487 e. The molecule has 0 aromatic heterocycles. The average Bonchev–Trinajstić information content (AvgIpc) is 2.58. The van der Waals surface area contributed by atoms with E-state index in [0.717, 1.165) is 32.0 Å². The van der Waals surface area contributed by atoms with Gasteiger partial charge in [-0.25, -0.2) is 8.78 Å². The first kappa shape index (κ1) is 16.2. The highest BCUT2D eigenvalue weighted by Gasteiger charge is 2.29. The van der Waals surface area contributed by atoms with E-state index in [0.29, 0.717) is 25.9 Å². The summed E-state index contributed by atoms with van der Waals surface area (Å²) in [7, 11) is 0. The largest absolute Gasteiger partial charge is 0.487 e. The summed E-state index contributed by atoms with van der Waals surface area (Å²) in [6.07, 6.45) is 3.01. The number of benzene rings is 1. The van der Waals surface area contributed by atoms with Gasteiger partial charge in [0.2, 0.25) is 5.91 Å². The van der Waals surface area contributed by atoms with Gasteiger partial charge in [-0.15, -0.1) is 0 Å². The number of carbonyl (C=O) groups is 1. The van der Waals surface area contributed by atoms with Crippen molar-refractivity contribution >= 4 is 5.91 Å². The average molecular weight is 324 g/mol. The Hall–Kier alpha value is -1.69. The maximum atomic E-state index is 13.6. The quantitative estimate of drug-likeness (QED) is 0.928. The number of nitrogens with zero attached hydrogens (tertiary/aromatic N) is 1. The molecule has 126 valence electrons. The van der Waals surface area contributed by atoms with Gasteiger partial charge in [-0.3, -0.25) is 4.79 Å². The molecule has 1 amide bonds. The number of carbonyl (C=O) groups excluding carboxylic acids is 1. The van der Waals surface area contributed by atoms with Gasteiger partial charge >= 0.3 is 0 Å². The molecule has 1 aromatic rings. The number of nitrogens with one attached hydrogen (secondary N) is 1. The Balaban J connectivity index is 1.51. The van der Waals surface area contributed by atoms with Gasteiger partial charge in [0.15, 0.2) is 11.6 Å². The Bertz CT molecular complexity index is 554. The second-order valence-corrected chi connectivity index (χ2v) is 6.24. The van der Waals surface area contributed by atoms with Crippen molar-refractivity contribution in [3.8, 4) is 5.75 Å². The van der Waals surface area contributed by atoms with Crippen LogP contribution in [0.25, 0.3) is 0 Å². The van der Waals surface area contributed by atoms with Gasteiger partial charge in [0, 0.05) is 37.9 Å². The van der Waals surface area contributed by atoms with Gasteiger partial charge in [0.1, 0.15) is 11.9 Å². The van der Waals surface area contributed by atoms with Crippen LogP contribution >= 0.6 is 0 Å². The monoisotopic (exact) mass is 324 g/mol. The second kappa shape index (κ2) is 7.25. The zero-order valence-electron chi connectivity index (χ0n) is 13.1. The van der Waals surface area contributed by atoms with Crippen LogP contribution in [0.4, 0.5) is 8.78 Å². The number of ether oxygens (including phenoxy) is 1. The Morgan fingerprint density at radius 2 is 1.83 bits per heavy atom. The third-order valence-electron chi connectivity index (χ3n) is 4.63. The molecule has 0 radical (unpaired) electrons. The van der Waals surface area contributed by atoms with Crippen molar-refractivity contribution in [2.75, 3.05) is 26.2 Å². The van der Waals surface area contributed by atoms with Crippen molar-refractivity contribution in [3.63, 3.8) is 0 Å². The summed E-state index contributed by atoms with van der Waals surface area (Å²) >= 11 is 0. The summed E-state index contributed by atoms with van der Waals surface area (Å²) in [4.78, 5) is 14.4. The molecule has 23 heavy (non-hydrogen) atoms. The third-order valence-corrected chi connectivity index (χ3v) is 4.63. The predicted molar refractivity (Wildman–Crippen MR) is 82.2 cm³/mol. The van der Waals surface area contributed by atoms with Gasteiger partial charge < -0.3 is 15.0 Å². The van der Waals surface area contributed by atoms with Gasteiger partial charge in [0.05, 0.1) is 0 Å². The molecule has 3 rings (SSSR count). The highest BCUT2D eigenvalue weighted by atomic mass is 19.1. The summed E-state index contributed by atoms with van der Waals surface area (Å²) in [5.41, 5.74) is 0. The lowest BCUT2D eigenvalue weighted by Crippen LogP contribution is -2.46. The van der Waals surface area contributed by atoms with Crippen LogP contribution in [-0.2, 0) is 4.79 Å². The molecule has 1 aromatic carbocycles. The number of hydrogen-bond acceptors (Lipinski definition) is 3. The minimum atomic E-state index is -0.682.